The predicted molar refractivity (Wildman–Crippen MR) is 160 cm³/mol. The Balaban J connectivity index is 1.61. The van der Waals surface area contributed by atoms with Crippen molar-refractivity contribution in [1.82, 2.24) is 16.1 Å². The molecule has 1 heterocycles. The van der Waals surface area contributed by atoms with E-state index >= 15 is 0 Å². The van der Waals surface area contributed by atoms with Gasteiger partial charge in [-0.05, 0) is 84.8 Å². The highest BCUT2D eigenvalue weighted by molar-refractivity contribution is 14.1. The van der Waals surface area contributed by atoms with Crippen LogP contribution in [0.15, 0.2) is 52.8 Å². The van der Waals surface area contributed by atoms with Crippen LogP contribution in [0, 0.1) is 3.57 Å². The zero-order chi connectivity index (χ0) is 30.6. The highest BCUT2D eigenvalue weighted by Gasteiger charge is 2.32. The van der Waals surface area contributed by atoms with Gasteiger partial charge in [0.2, 0.25) is 0 Å². The number of carbonyl (C=O) groups excluding carboxylic acids is 3. The standard InChI is InChI=1S/C28H33IN4O9/c1-5-39-22-12-18(26-25(27(36)38-4)16(3)31-28(37)32-26)8-10-21(22)41-14-23(34)33-30-13-17-7-9-20(19(29)11-17)42-15-24(35)40-6-2/h7-13,23,26,33-34H,5-6,14-15H2,1-4H3,(H2,31,32,37)/b30-13-/t23-,26+/m0/s1. The van der Waals surface area contributed by atoms with E-state index < -0.39 is 30.2 Å². The molecule has 42 heavy (non-hydrogen) atoms. The number of allylic oxidation sites excluding steroid dienone is 1. The van der Waals surface area contributed by atoms with Gasteiger partial charge in [-0.15, -0.1) is 0 Å². The molecule has 3 rings (SSSR count). The molecule has 0 bridgehead atoms. The minimum absolute atomic E-state index is 0.161. The molecule has 2 atom stereocenters. The van der Waals surface area contributed by atoms with E-state index in [9.17, 15) is 19.5 Å². The van der Waals surface area contributed by atoms with Gasteiger partial charge in [0, 0.05) is 5.70 Å². The second-order valence-electron chi connectivity index (χ2n) is 8.70. The number of aliphatic hydroxyl groups is 1. The maximum absolute atomic E-state index is 12.4. The number of carbonyl (C=O) groups is 3. The van der Waals surface area contributed by atoms with Crippen molar-refractivity contribution in [2.75, 3.05) is 33.5 Å². The summed E-state index contributed by atoms with van der Waals surface area (Å²) in [5, 5.41) is 19.7. The monoisotopic (exact) mass is 696 g/mol. The van der Waals surface area contributed by atoms with E-state index in [2.05, 4.69) is 43.8 Å². The zero-order valence-corrected chi connectivity index (χ0v) is 25.7. The lowest BCUT2D eigenvalue weighted by Gasteiger charge is -2.28. The van der Waals surface area contributed by atoms with E-state index in [4.69, 9.17) is 23.7 Å². The number of hydrogen-bond donors (Lipinski definition) is 4. The summed E-state index contributed by atoms with van der Waals surface area (Å²) in [6.07, 6.45) is 0.365. The van der Waals surface area contributed by atoms with Crippen LogP contribution in [0.3, 0.4) is 0 Å². The van der Waals surface area contributed by atoms with Gasteiger partial charge in [-0.1, -0.05) is 6.07 Å². The van der Waals surface area contributed by atoms with Gasteiger partial charge in [-0.2, -0.15) is 5.10 Å². The number of esters is 2. The summed E-state index contributed by atoms with van der Waals surface area (Å²) in [4.78, 5) is 36.0. The first-order valence-electron chi connectivity index (χ1n) is 13.0. The molecule has 4 N–H and O–H groups in total. The summed E-state index contributed by atoms with van der Waals surface area (Å²) in [6.45, 7) is 5.42. The molecule has 2 amide bonds. The number of amides is 2. The van der Waals surface area contributed by atoms with Crippen LogP contribution < -0.4 is 30.3 Å². The SMILES string of the molecule is CCOC(=O)COc1ccc(/C=N\N[C@@H](O)COc2ccc([C@H]3NC(=O)NC(C)=C3C(=O)OC)cc2OCC)cc1I. The fourth-order valence-electron chi connectivity index (χ4n) is 3.87. The lowest BCUT2D eigenvalue weighted by atomic mass is 9.95. The quantitative estimate of drug-likeness (QED) is 0.0759. The predicted octanol–water partition coefficient (Wildman–Crippen LogP) is 2.75. The number of aliphatic hydroxyl groups excluding tert-OH is 1. The van der Waals surface area contributed by atoms with Crippen LogP contribution in [0.1, 0.15) is 37.9 Å². The van der Waals surface area contributed by atoms with E-state index in [0.29, 0.717) is 35.1 Å². The van der Waals surface area contributed by atoms with Crippen LogP contribution >= 0.6 is 22.6 Å². The Morgan fingerprint density at radius 1 is 1.10 bits per heavy atom. The molecule has 2 aromatic carbocycles. The smallest absolute Gasteiger partial charge is 0.344 e. The van der Waals surface area contributed by atoms with Gasteiger partial charge in [-0.25, -0.2) is 14.4 Å². The van der Waals surface area contributed by atoms with Crippen molar-refractivity contribution in [2.24, 2.45) is 5.10 Å². The number of ether oxygens (including phenoxy) is 5. The van der Waals surface area contributed by atoms with Crippen molar-refractivity contribution in [3.05, 3.63) is 62.4 Å². The molecule has 1 aliphatic heterocycles. The molecule has 0 unspecified atom stereocenters. The van der Waals surface area contributed by atoms with E-state index in [1.54, 1.807) is 57.2 Å². The van der Waals surface area contributed by atoms with Crippen molar-refractivity contribution < 1.29 is 43.2 Å². The Kier molecular flexibility index (Phi) is 12.2. The number of nitrogens with zero attached hydrogens (tertiary/aromatic N) is 1. The second kappa shape index (κ2) is 15.8. The first-order valence-corrected chi connectivity index (χ1v) is 14.0. The summed E-state index contributed by atoms with van der Waals surface area (Å²) in [5.74, 6) is 0.220. The first-order chi connectivity index (χ1) is 20.2. The molecule has 226 valence electrons. The van der Waals surface area contributed by atoms with Gasteiger partial charge < -0.3 is 39.4 Å². The molecule has 1 aliphatic rings. The molecule has 0 spiro atoms. The van der Waals surface area contributed by atoms with Gasteiger partial charge >= 0.3 is 18.0 Å². The van der Waals surface area contributed by atoms with Gasteiger partial charge in [0.1, 0.15) is 12.4 Å². The lowest BCUT2D eigenvalue weighted by Crippen LogP contribution is -2.45. The third-order valence-corrected chi connectivity index (χ3v) is 6.56. The Bertz CT molecular complexity index is 1350. The fourth-order valence-corrected chi connectivity index (χ4v) is 4.57. The van der Waals surface area contributed by atoms with Crippen molar-refractivity contribution in [3.63, 3.8) is 0 Å². The molecular formula is C28H33IN4O9. The third kappa shape index (κ3) is 8.97. The Hall–Kier alpha value is -4.05. The molecule has 2 aromatic rings. The number of benzene rings is 2. The Morgan fingerprint density at radius 3 is 2.55 bits per heavy atom. The van der Waals surface area contributed by atoms with Crippen LogP contribution in [-0.4, -0.2) is 69.1 Å². The van der Waals surface area contributed by atoms with Crippen molar-refractivity contribution in [1.29, 1.82) is 0 Å². The zero-order valence-electron chi connectivity index (χ0n) is 23.6. The van der Waals surface area contributed by atoms with E-state index in [1.807, 2.05) is 0 Å². The maximum atomic E-state index is 12.4. The topological polar surface area (TPSA) is 166 Å². The molecule has 13 nitrogen and oxygen atoms in total. The highest BCUT2D eigenvalue weighted by Crippen LogP contribution is 2.35. The molecular weight excluding hydrogens is 663 g/mol. The number of hydrazone groups is 1. The fraction of sp³-hybridized carbons (Fsp3) is 0.357. The Labute approximate surface area is 256 Å². The van der Waals surface area contributed by atoms with Crippen molar-refractivity contribution in [3.8, 4) is 17.2 Å². The van der Waals surface area contributed by atoms with E-state index in [0.717, 1.165) is 9.13 Å². The molecule has 0 aromatic heterocycles. The molecule has 14 heteroatoms. The number of hydrogen-bond acceptors (Lipinski definition) is 11. The summed E-state index contributed by atoms with van der Waals surface area (Å²) in [5.41, 5.74) is 4.55. The van der Waals surface area contributed by atoms with Crippen molar-refractivity contribution >= 4 is 46.8 Å². The normalized spacial score (nSPS) is 15.4. The van der Waals surface area contributed by atoms with Crippen LogP contribution in [0.2, 0.25) is 0 Å². The first kappa shape index (κ1) is 32.5. The summed E-state index contributed by atoms with van der Waals surface area (Å²) < 4.78 is 27.5. The van der Waals surface area contributed by atoms with Crippen molar-refractivity contribution in [2.45, 2.75) is 33.0 Å². The number of nitrogens with one attached hydrogen (secondary N) is 3. The number of halogens is 1. The van der Waals surface area contributed by atoms with Gasteiger partial charge in [0.05, 0.1) is 41.7 Å². The average molecular weight is 696 g/mol. The van der Waals surface area contributed by atoms with Crippen LogP contribution in [0.5, 0.6) is 17.2 Å². The molecule has 0 radical (unpaired) electrons. The minimum atomic E-state index is -1.15. The summed E-state index contributed by atoms with van der Waals surface area (Å²) in [7, 11) is 1.27. The Morgan fingerprint density at radius 2 is 1.86 bits per heavy atom. The summed E-state index contributed by atoms with van der Waals surface area (Å²) in [6, 6.07) is 9.02. The second-order valence-corrected chi connectivity index (χ2v) is 9.86. The number of rotatable bonds is 14. The minimum Gasteiger partial charge on any atom is -0.490 e. The van der Waals surface area contributed by atoms with Gasteiger partial charge in [0.15, 0.2) is 24.3 Å². The highest BCUT2D eigenvalue weighted by atomic mass is 127. The molecule has 0 saturated heterocycles. The maximum Gasteiger partial charge on any atom is 0.344 e. The third-order valence-electron chi connectivity index (χ3n) is 5.72. The number of methoxy groups -OCH3 is 1. The molecule has 0 fully saturated rings. The largest absolute Gasteiger partial charge is 0.490 e. The molecule has 0 saturated carbocycles. The van der Waals surface area contributed by atoms with Crippen LogP contribution in [0.25, 0.3) is 0 Å². The van der Waals surface area contributed by atoms with Crippen LogP contribution in [-0.2, 0) is 19.1 Å². The lowest BCUT2D eigenvalue weighted by molar-refractivity contribution is -0.145. The van der Waals surface area contributed by atoms with Gasteiger partial charge in [-0.3, -0.25) is 5.43 Å². The summed E-state index contributed by atoms with van der Waals surface area (Å²) >= 11 is 2.08. The van der Waals surface area contributed by atoms with Gasteiger partial charge in [0.25, 0.3) is 0 Å². The molecule has 0 aliphatic carbocycles. The van der Waals surface area contributed by atoms with E-state index in [-0.39, 0.29) is 25.4 Å². The number of urea groups is 1. The average Bonchev–Trinajstić information content (AvgIpc) is 2.95. The van der Waals surface area contributed by atoms with Crippen LogP contribution in [0.4, 0.5) is 4.79 Å². The van der Waals surface area contributed by atoms with E-state index in [1.165, 1.54) is 13.3 Å².